The van der Waals surface area contributed by atoms with Crippen molar-refractivity contribution >= 4 is 5.97 Å². The Morgan fingerprint density at radius 3 is 1.00 bits per heavy atom. The van der Waals surface area contributed by atoms with Gasteiger partial charge in [0.25, 0.3) is 0 Å². The quantitative estimate of drug-likeness (QED) is 0.489. The maximum absolute atomic E-state index is 12.8. The Balaban J connectivity index is -0.00000288. The van der Waals surface area contributed by atoms with Crippen LogP contribution in [-0.4, -0.2) is 52.8 Å². The molecule has 2 nitrogen and oxygen atoms in total. The van der Waals surface area contributed by atoms with Crippen LogP contribution in [0.5, 0.6) is 0 Å². The van der Waals surface area contributed by atoms with Crippen LogP contribution in [0.3, 0.4) is 0 Å². The molecular formula is C8H2F15KO2. The summed E-state index contributed by atoms with van der Waals surface area (Å²) in [6.45, 7) is 0. The van der Waals surface area contributed by atoms with Gasteiger partial charge in [-0.2, -0.15) is 65.9 Å². The van der Waals surface area contributed by atoms with Crippen LogP contribution in [0.25, 0.3) is 0 Å². The average molecular weight is 454 g/mol. The van der Waals surface area contributed by atoms with Crippen LogP contribution in [-0.2, 0) is 4.79 Å². The maximum Gasteiger partial charge on any atom is 1.00 e. The largest absolute Gasteiger partial charge is 1.00 e. The second-order valence-corrected chi connectivity index (χ2v) is 4.25. The SMILES string of the molecule is O=C(O)C(F)(F)C(F)(F)C(F)(F)C(F)(F)C(F)(F)C(F)(F)C(F)(F)F.[H-].[K+]. The topological polar surface area (TPSA) is 37.3 Å². The van der Waals surface area contributed by atoms with Crippen molar-refractivity contribution in [1.82, 2.24) is 0 Å². The number of carbonyl (C=O) groups is 1. The second-order valence-electron chi connectivity index (χ2n) is 4.25. The summed E-state index contributed by atoms with van der Waals surface area (Å²) in [5.41, 5.74) is 0. The first-order valence-corrected chi connectivity index (χ1v) is 5.01. The molecule has 0 amide bonds. The number of rotatable bonds is 6. The summed E-state index contributed by atoms with van der Waals surface area (Å²) < 4.78 is 187. The van der Waals surface area contributed by atoms with Crippen molar-refractivity contribution in [2.45, 2.75) is 41.7 Å². The Morgan fingerprint density at radius 2 is 0.769 bits per heavy atom. The third kappa shape index (κ3) is 3.55. The van der Waals surface area contributed by atoms with E-state index in [-0.39, 0.29) is 52.8 Å². The molecule has 0 aromatic rings. The number of hydrogen-bond donors (Lipinski definition) is 1. The molecule has 1 N–H and O–H groups in total. The fourth-order valence-corrected chi connectivity index (χ4v) is 1.10. The molecule has 0 radical (unpaired) electrons. The first-order chi connectivity index (χ1) is 10.4. The van der Waals surface area contributed by atoms with Gasteiger partial charge in [0.05, 0.1) is 0 Å². The summed E-state index contributed by atoms with van der Waals surface area (Å²) in [5, 5.41) is 7.57. The third-order valence-corrected chi connectivity index (χ3v) is 2.60. The Labute approximate surface area is 175 Å². The van der Waals surface area contributed by atoms with Gasteiger partial charge in [0.15, 0.2) is 0 Å². The fourth-order valence-electron chi connectivity index (χ4n) is 1.10. The molecule has 0 spiro atoms. The zero-order valence-electron chi connectivity index (χ0n) is 12.5. The summed E-state index contributed by atoms with van der Waals surface area (Å²) in [4.78, 5) is 9.72. The molecule has 0 aliphatic rings. The van der Waals surface area contributed by atoms with E-state index in [1.54, 1.807) is 0 Å². The van der Waals surface area contributed by atoms with E-state index in [0.717, 1.165) is 0 Å². The molecule has 0 unspecified atom stereocenters. The zero-order valence-corrected chi connectivity index (χ0v) is 14.6. The molecule has 0 atom stereocenters. The minimum absolute atomic E-state index is 0. The van der Waals surface area contributed by atoms with Crippen molar-refractivity contribution in [2.24, 2.45) is 0 Å². The molecule has 152 valence electrons. The van der Waals surface area contributed by atoms with E-state index in [0.29, 0.717) is 0 Å². The molecule has 0 heterocycles. The van der Waals surface area contributed by atoms with Crippen LogP contribution in [0.15, 0.2) is 0 Å². The molecule has 0 aromatic carbocycles. The van der Waals surface area contributed by atoms with Gasteiger partial charge in [-0.05, 0) is 0 Å². The van der Waals surface area contributed by atoms with Gasteiger partial charge in [-0.1, -0.05) is 0 Å². The second kappa shape index (κ2) is 7.14. The Kier molecular flexibility index (Phi) is 7.77. The molecule has 26 heavy (non-hydrogen) atoms. The minimum Gasteiger partial charge on any atom is -1.00 e. The van der Waals surface area contributed by atoms with E-state index >= 15 is 0 Å². The van der Waals surface area contributed by atoms with Crippen molar-refractivity contribution in [1.29, 1.82) is 0 Å². The van der Waals surface area contributed by atoms with Crippen molar-refractivity contribution in [3.8, 4) is 0 Å². The number of carboxylic acids is 1. The normalized spacial score (nSPS) is 15.5. The van der Waals surface area contributed by atoms with E-state index in [1.165, 1.54) is 0 Å². The summed E-state index contributed by atoms with van der Waals surface area (Å²) in [5.74, 6) is -52.8. The van der Waals surface area contributed by atoms with Crippen LogP contribution in [0.1, 0.15) is 1.43 Å². The Hall–Kier alpha value is 0.0564. The molecule has 0 aliphatic carbocycles. The fraction of sp³-hybridized carbons (Fsp3) is 0.875. The number of alkyl halides is 15. The van der Waals surface area contributed by atoms with Gasteiger partial charge in [0.1, 0.15) is 0 Å². The monoisotopic (exact) mass is 454 g/mol. The van der Waals surface area contributed by atoms with Crippen LogP contribution in [0, 0.1) is 0 Å². The van der Waals surface area contributed by atoms with Gasteiger partial charge in [0.2, 0.25) is 0 Å². The molecule has 0 saturated heterocycles. The van der Waals surface area contributed by atoms with Gasteiger partial charge in [0, 0.05) is 0 Å². The summed E-state index contributed by atoms with van der Waals surface area (Å²) >= 11 is 0. The molecule has 0 saturated carbocycles. The van der Waals surface area contributed by atoms with Crippen molar-refractivity contribution < 1.29 is 129 Å². The maximum atomic E-state index is 12.8. The number of hydrogen-bond acceptors (Lipinski definition) is 1. The molecule has 0 rings (SSSR count). The van der Waals surface area contributed by atoms with Crippen molar-refractivity contribution in [3.63, 3.8) is 0 Å². The predicted octanol–water partition coefficient (Wildman–Crippen LogP) is 1.56. The van der Waals surface area contributed by atoms with Crippen LogP contribution in [0.2, 0.25) is 0 Å². The van der Waals surface area contributed by atoms with Crippen LogP contribution < -0.4 is 51.4 Å². The standard InChI is InChI=1S/C8HF15O2.K.H/c9-2(10,1(24)25)3(11,12)4(13,14)5(15,16)6(17,18)7(19,20)8(21,22)23;;/h(H,24,25);;/q;+1;-1. The Morgan fingerprint density at radius 1 is 0.538 bits per heavy atom. The van der Waals surface area contributed by atoms with E-state index in [9.17, 15) is 70.7 Å². The van der Waals surface area contributed by atoms with Gasteiger partial charge in [-0.15, -0.1) is 0 Å². The van der Waals surface area contributed by atoms with Crippen LogP contribution in [0.4, 0.5) is 65.9 Å². The van der Waals surface area contributed by atoms with Gasteiger partial charge >= 0.3 is 99.1 Å². The van der Waals surface area contributed by atoms with E-state index in [4.69, 9.17) is 5.11 Å². The zero-order chi connectivity index (χ0) is 21.1. The van der Waals surface area contributed by atoms with E-state index in [2.05, 4.69) is 0 Å². The van der Waals surface area contributed by atoms with Crippen molar-refractivity contribution in [3.05, 3.63) is 0 Å². The van der Waals surface area contributed by atoms with Crippen molar-refractivity contribution in [2.75, 3.05) is 0 Å². The van der Waals surface area contributed by atoms with Gasteiger partial charge in [-0.3, -0.25) is 0 Å². The molecule has 18 heteroatoms. The number of halogens is 15. The van der Waals surface area contributed by atoms with Gasteiger partial charge in [-0.25, -0.2) is 4.79 Å². The van der Waals surface area contributed by atoms with E-state index < -0.39 is 47.7 Å². The molecule has 0 fully saturated rings. The van der Waals surface area contributed by atoms with Crippen LogP contribution >= 0.6 is 0 Å². The molecule has 0 aromatic heterocycles. The third-order valence-electron chi connectivity index (χ3n) is 2.60. The first kappa shape index (κ1) is 28.3. The average Bonchev–Trinajstić information content (AvgIpc) is 2.35. The molecular weight excluding hydrogens is 452 g/mol. The smallest absolute Gasteiger partial charge is 1.00 e. The molecule has 0 bridgehead atoms. The molecule has 0 aliphatic heterocycles. The number of aliphatic carboxylic acids is 1. The Bertz CT molecular complexity index is 542. The summed E-state index contributed by atoms with van der Waals surface area (Å²) in [6.07, 6.45) is -7.69. The summed E-state index contributed by atoms with van der Waals surface area (Å²) in [7, 11) is 0. The van der Waals surface area contributed by atoms with Gasteiger partial charge < -0.3 is 6.53 Å². The minimum atomic E-state index is -8.47. The number of carboxylic acid groups (broad SMARTS) is 1. The summed E-state index contributed by atoms with van der Waals surface area (Å²) in [6, 6.07) is 0. The predicted molar refractivity (Wildman–Crippen MR) is 44.5 cm³/mol. The van der Waals surface area contributed by atoms with E-state index in [1.807, 2.05) is 0 Å². The first-order valence-electron chi connectivity index (χ1n) is 5.01.